The number of ether oxygens (including phenoxy) is 2. The molecule has 1 aromatic heterocycles. The summed E-state index contributed by atoms with van der Waals surface area (Å²) in [6, 6.07) is 13.8. The molecule has 0 saturated carbocycles. The summed E-state index contributed by atoms with van der Waals surface area (Å²) < 4.78 is 13.1. The van der Waals surface area contributed by atoms with Crippen molar-refractivity contribution in [3.05, 3.63) is 59.3 Å². The topological polar surface area (TPSA) is 72.7 Å². The van der Waals surface area contributed by atoms with Gasteiger partial charge in [-0.25, -0.2) is 4.79 Å². The highest BCUT2D eigenvalue weighted by molar-refractivity contribution is 6.07. The molecule has 0 bridgehead atoms. The minimum atomic E-state index is -0.612. The maximum absolute atomic E-state index is 12.7. The molecule has 0 spiro atoms. The number of aliphatic hydroxyl groups is 1. The van der Waals surface area contributed by atoms with Gasteiger partial charge in [-0.05, 0) is 58.2 Å². The zero-order valence-corrected chi connectivity index (χ0v) is 17.4. The van der Waals surface area contributed by atoms with Crippen molar-refractivity contribution < 1.29 is 19.4 Å². The van der Waals surface area contributed by atoms with Gasteiger partial charge in [0.05, 0.1) is 17.7 Å². The number of carbonyl (C=O) groups is 1. The van der Waals surface area contributed by atoms with Crippen LogP contribution in [0.15, 0.2) is 42.5 Å². The molecule has 1 heterocycles. The van der Waals surface area contributed by atoms with Crippen LogP contribution in [0.1, 0.15) is 28.5 Å². The Balaban J connectivity index is 2.09. The third-order valence-corrected chi connectivity index (χ3v) is 4.83. The molecular formula is C23H28N2O4. The number of hydrogen-bond acceptors (Lipinski definition) is 5. The van der Waals surface area contributed by atoms with Gasteiger partial charge in [-0.15, -0.1) is 0 Å². The third kappa shape index (κ3) is 4.44. The highest BCUT2D eigenvalue weighted by Crippen LogP contribution is 2.32. The quantitative estimate of drug-likeness (QED) is 0.571. The van der Waals surface area contributed by atoms with Gasteiger partial charge in [0.15, 0.2) is 0 Å². The van der Waals surface area contributed by atoms with Gasteiger partial charge in [-0.1, -0.05) is 17.7 Å². The van der Waals surface area contributed by atoms with Crippen molar-refractivity contribution in [2.75, 3.05) is 26.8 Å². The average molecular weight is 396 g/mol. The maximum atomic E-state index is 12.7. The average Bonchev–Trinajstić information content (AvgIpc) is 2.98. The van der Waals surface area contributed by atoms with Gasteiger partial charge in [-0.2, -0.15) is 0 Å². The molecule has 0 aliphatic carbocycles. The summed E-state index contributed by atoms with van der Waals surface area (Å²) in [5, 5.41) is 13.6. The van der Waals surface area contributed by atoms with Crippen LogP contribution < -0.4 is 10.1 Å². The second-order valence-electron chi connectivity index (χ2n) is 7.05. The number of hydrogen-bond donors (Lipinski definition) is 2. The lowest BCUT2D eigenvalue weighted by molar-refractivity contribution is 0.0527. The molecule has 0 aliphatic heterocycles. The van der Waals surface area contributed by atoms with Crippen molar-refractivity contribution in [2.24, 2.45) is 0 Å². The number of benzene rings is 2. The SMILES string of the molecule is CCOC(=O)c1c(C)n(-c2ccc(C)cc2)c2ccc(OC[C@@H](O)CNC)cc12. The molecule has 0 radical (unpaired) electrons. The number of likely N-dealkylation sites (N-methyl/N-ethyl adjacent to an activating group) is 1. The normalized spacial score (nSPS) is 12.2. The van der Waals surface area contributed by atoms with E-state index in [0.717, 1.165) is 22.3 Å². The van der Waals surface area contributed by atoms with Gasteiger partial charge in [0.25, 0.3) is 0 Å². The van der Waals surface area contributed by atoms with E-state index in [1.807, 2.05) is 56.3 Å². The number of aliphatic hydroxyl groups excluding tert-OH is 1. The molecule has 0 fully saturated rings. The Morgan fingerprint density at radius 1 is 1.17 bits per heavy atom. The van der Waals surface area contributed by atoms with Crippen molar-refractivity contribution in [1.82, 2.24) is 9.88 Å². The van der Waals surface area contributed by atoms with Crippen LogP contribution >= 0.6 is 0 Å². The smallest absolute Gasteiger partial charge is 0.340 e. The van der Waals surface area contributed by atoms with E-state index in [2.05, 4.69) is 9.88 Å². The van der Waals surface area contributed by atoms with Gasteiger partial charge in [0.2, 0.25) is 0 Å². The van der Waals surface area contributed by atoms with Gasteiger partial charge >= 0.3 is 5.97 Å². The summed E-state index contributed by atoms with van der Waals surface area (Å²) >= 11 is 0. The molecule has 29 heavy (non-hydrogen) atoms. The highest BCUT2D eigenvalue weighted by Gasteiger charge is 2.22. The number of nitrogens with zero attached hydrogens (tertiary/aromatic N) is 1. The van der Waals surface area contributed by atoms with Crippen LogP contribution in [-0.4, -0.2) is 48.6 Å². The molecule has 2 aromatic carbocycles. The second-order valence-corrected chi connectivity index (χ2v) is 7.05. The number of aryl methyl sites for hydroxylation is 1. The number of carbonyl (C=O) groups excluding carboxylic acids is 1. The fourth-order valence-corrected chi connectivity index (χ4v) is 3.46. The molecule has 154 valence electrons. The fraction of sp³-hybridized carbons (Fsp3) is 0.348. The molecule has 3 aromatic rings. The summed E-state index contributed by atoms with van der Waals surface area (Å²) in [5.74, 6) is 0.243. The molecule has 0 saturated heterocycles. The Bertz CT molecular complexity index is 992. The van der Waals surface area contributed by atoms with Gasteiger partial charge in [-0.3, -0.25) is 0 Å². The first kappa shape index (κ1) is 20.9. The van der Waals surface area contributed by atoms with E-state index in [4.69, 9.17) is 9.47 Å². The minimum absolute atomic E-state index is 0.165. The molecule has 1 atom stereocenters. The van der Waals surface area contributed by atoms with Crippen molar-refractivity contribution in [3.63, 3.8) is 0 Å². The minimum Gasteiger partial charge on any atom is -0.491 e. The molecule has 6 nitrogen and oxygen atoms in total. The molecule has 6 heteroatoms. The fourth-order valence-electron chi connectivity index (χ4n) is 3.46. The predicted octanol–water partition coefficient (Wildman–Crippen LogP) is 3.38. The van der Waals surface area contributed by atoms with Crippen LogP contribution in [0.3, 0.4) is 0 Å². The Hall–Kier alpha value is -2.83. The monoisotopic (exact) mass is 396 g/mol. The molecule has 2 N–H and O–H groups in total. The predicted molar refractivity (Wildman–Crippen MR) is 114 cm³/mol. The van der Waals surface area contributed by atoms with E-state index >= 15 is 0 Å². The molecule has 0 aliphatic rings. The molecule has 0 unspecified atom stereocenters. The molecular weight excluding hydrogens is 368 g/mol. The Morgan fingerprint density at radius 3 is 2.55 bits per heavy atom. The molecule has 3 rings (SSSR count). The zero-order chi connectivity index (χ0) is 21.0. The van der Waals surface area contributed by atoms with E-state index in [-0.39, 0.29) is 12.6 Å². The Labute approximate surface area is 171 Å². The number of rotatable bonds is 8. The van der Waals surface area contributed by atoms with Crippen LogP contribution in [0.25, 0.3) is 16.6 Å². The van der Waals surface area contributed by atoms with E-state index in [1.54, 1.807) is 14.0 Å². The van der Waals surface area contributed by atoms with E-state index in [0.29, 0.717) is 24.5 Å². The first-order valence-electron chi connectivity index (χ1n) is 9.81. The van der Waals surface area contributed by atoms with E-state index in [9.17, 15) is 9.90 Å². The van der Waals surface area contributed by atoms with Gasteiger partial charge < -0.3 is 24.5 Å². The van der Waals surface area contributed by atoms with Crippen molar-refractivity contribution in [1.29, 1.82) is 0 Å². The summed E-state index contributed by atoms with van der Waals surface area (Å²) in [7, 11) is 1.78. The lowest BCUT2D eigenvalue weighted by atomic mass is 10.1. The highest BCUT2D eigenvalue weighted by atomic mass is 16.5. The van der Waals surface area contributed by atoms with Gasteiger partial charge in [0, 0.05) is 23.3 Å². The van der Waals surface area contributed by atoms with Crippen molar-refractivity contribution in [2.45, 2.75) is 26.9 Å². The van der Waals surface area contributed by atoms with Crippen molar-refractivity contribution >= 4 is 16.9 Å². The Morgan fingerprint density at radius 2 is 1.90 bits per heavy atom. The maximum Gasteiger partial charge on any atom is 0.340 e. The number of esters is 1. The lowest BCUT2D eigenvalue weighted by Crippen LogP contribution is -2.29. The van der Waals surface area contributed by atoms with E-state index in [1.165, 1.54) is 5.56 Å². The third-order valence-electron chi connectivity index (χ3n) is 4.83. The Kier molecular flexibility index (Phi) is 6.56. The molecule has 0 amide bonds. The second kappa shape index (κ2) is 9.11. The van der Waals surface area contributed by atoms with Crippen LogP contribution in [0.4, 0.5) is 0 Å². The summed E-state index contributed by atoms with van der Waals surface area (Å²) in [4.78, 5) is 12.7. The van der Waals surface area contributed by atoms with Crippen molar-refractivity contribution in [3.8, 4) is 11.4 Å². The van der Waals surface area contributed by atoms with Crippen LogP contribution in [-0.2, 0) is 4.74 Å². The number of fused-ring (bicyclic) bond motifs is 1. The number of nitrogens with one attached hydrogen (secondary N) is 1. The summed E-state index contributed by atoms with van der Waals surface area (Å²) in [6.07, 6.45) is -0.612. The van der Waals surface area contributed by atoms with Crippen LogP contribution in [0, 0.1) is 13.8 Å². The summed E-state index contributed by atoms with van der Waals surface area (Å²) in [6.45, 7) is 6.67. The summed E-state index contributed by atoms with van der Waals surface area (Å²) in [5.41, 5.74) is 4.40. The number of aromatic nitrogens is 1. The zero-order valence-electron chi connectivity index (χ0n) is 17.4. The first-order chi connectivity index (χ1) is 14.0. The lowest BCUT2D eigenvalue weighted by Gasteiger charge is -2.12. The van der Waals surface area contributed by atoms with Crippen LogP contribution in [0.5, 0.6) is 5.75 Å². The van der Waals surface area contributed by atoms with Gasteiger partial charge in [0.1, 0.15) is 18.5 Å². The first-order valence-corrected chi connectivity index (χ1v) is 9.81. The standard InChI is InChI=1S/C23H28N2O4/c1-5-28-23(27)22-16(3)25(17-8-6-15(2)7-9-17)21-11-10-19(12-20(21)22)29-14-18(26)13-24-4/h6-12,18,24,26H,5,13-14H2,1-4H3/t18-/m0/s1. The largest absolute Gasteiger partial charge is 0.491 e. The van der Waals surface area contributed by atoms with Crippen LogP contribution in [0.2, 0.25) is 0 Å². The van der Waals surface area contributed by atoms with E-state index < -0.39 is 6.10 Å².